The molecular formula is C18H23N5O2. The number of piperazine rings is 1. The van der Waals surface area contributed by atoms with E-state index in [-0.39, 0.29) is 5.91 Å². The maximum atomic E-state index is 11.4. The maximum Gasteiger partial charge on any atom is 0.230 e. The van der Waals surface area contributed by atoms with E-state index < -0.39 is 0 Å². The van der Waals surface area contributed by atoms with E-state index in [1.165, 1.54) is 12.8 Å². The molecule has 1 amide bonds. The highest BCUT2D eigenvalue weighted by molar-refractivity contribution is 5.73. The molecule has 2 aromatic rings. The number of amides is 1. The first kappa shape index (κ1) is 16.1. The summed E-state index contributed by atoms with van der Waals surface area (Å²) in [5, 5.41) is 4.12. The van der Waals surface area contributed by atoms with Gasteiger partial charge in [0.25, 0.3) is 0 Å². The van der Waals surface area contributed by atoms with Gasteiger partial charge >= 0.3 is 0 Å². The fourth-order valence-electron chi connectivity index (χ4n) is 3.65. The second-order valence-electron chi connectivity index (χ2n) is 6.84. The van der Waals surface area contributed by atoms with Crippen molar-refractivity contribution in [2.24, 2.45) is 0 Å². The van der Waals surface area contributed by atoms with Crippen LogP contribution < -0.4 is 4.90 Å². The zero-order chi connectivity index (χ0) is 17.2. The fraction of sp³-hybridized carbons (Fsp3) is 0.556. The van der Waals surface area contributed by atoms with Crippen molar-refractivity contribution in [2.45, 2.75) is 38.5 Å². The highest BCUT2D eigenvalue weighted by Gasteiger charge is 2.24. The molecule has 25 heavy (non-hydrogen) atoms. The minimum atomic E-state index is 0.137. The van der Waals surface area contributed by atoms with E-state index in [4.69, 9.17) is 4.52 Å². The van der Waals surface area contributed by atoms with Crippen LogP contribution in [0.4, 0.5) is 5.82 Å². The van der Waals surface area contributed by atoms with E-state index in [2.05, 4.69) is 20.0 Å². The molecule has 0 spiro atoms. The summed E-state index contributed by atoms with van der Waals surface area (Å²) in [5.74, 6) is 2.86. The zero-order valence-corrected chi connectivity index (χ0v) is 14.5. The number of hydrogen-bond acceptors (Lipinski definition) is 6. The lowest BCUT2D eigenvalue weighted by Gasteiger charge is -2.34. The largest absolute Gasteiger partial charge is 0.353 e. The van der Waals surface area contributed by atoms with Crippen molar-refractivity contribution in [1.29, 1.82) is 0 Å². The molecule has 7 heteroatoms. The first-order valence-corrected chi connectivity index (χ1v) is 9.01. The van der Waals surface area contributed by atoms with Gasteiger partial charge in [-0.3, -0.25) is 4.79 Å². The lowest BCUT2D eigenvalue weighted by molar-refractivity contribution is -0.129. The summed E-state index contributed by atoms with van der Waals surface area (Å²) in [4.78, 5) is 24.6. The van der Waals surface area contributed by atoms with Crippen LogP contribution in [-0.4, -0.2) is 52.1 Å². The van der Waals surface area contributed by atoms with Gasteiger partial charge in [0.2, 0.25) is 17.6 Å². The highest BCUT2D eigenvalue weighted by atomic mass is 16.5. The van der Waals surface area contributed by atoms with Crippen molar-refractivity contribution >= 4 is 11.7 Å². The van der Waals surface area contributed by atoms with E-state index >= 15 is 0 Å². The van der Waals surface area contributed by atoms with Crippen LogP contribution >= 0.6 is 0 Å². The number of aromatic nitrogens is 3. The van der Waals surface area contributed by atoms with Gasteiger partial charge in [-0.2, -0.15) is 4.98 Å². The van der Waals surface area contributed by atoms with Crippen molar-refractivity contribution in [3.8, 4) is 11.4 Å². The Balaban J connectivity index is 1.43. The Morgan fingerprint density at radius 1 is 1.16 bits per heavy atom. The van der Waals surface area contributed by atoms with Crippen LogP contribution in [0, 0.1) is 0 Å². The molecular weight excluding hydrogens is 318 g/mol. The SMILES string of the molecule is CC(=O)N1CCN(c2ccc(-c3noc(C4CCCC4)n3)cn2)CC1. The van der Waals surface area contributed by atoms with Crippen molar-refractivity contribution in [3.63, 3.8) is 0 Å². The van der Waals surface area contributed by atoms with E-state index in [0.29, 0.717) is 11.7 Å². The van der Waals surface area contributed by atoms with Crippen molar-refractivity contribution in [3.05, 3.63) is 24.2 Å². The number of carbonyl (C=O) groups excluding carboxylic acids is 1. The second-order valence-corrected chi connectivity index (χ2v) is 6.84. The van der Waals surface area contributed by atoms with Crippen molar-refractivity contribution in [1.82, 2.24) is 20.0 Å². The summed E-state index contributed by atoms with van der Waals surface area (Å²) < 4.78 is 5.45. The molecule has 0 unspecified atom stereocenters. The van der Waals surface area contributed by atoms with Gasteiger partial charge in [0, 0.05) is 50.8 Å². The number of pyridine rings is 1. The van der Waals surface area contributed by atoms with Crippen LogP contribution in [0.2, 0.25) is 0 Å². The molecule has 1 saturated carbocycles. The molecule has 0 radical (unpaired) electrons. The van der Waals surface area contributed by atoms with Gasteiger partial charge in [0.15, 0.2) is 0 Å². The van der Waals surface area contributed by atoms with Crippen LogP contribution in [0.5, 0.6) is 0 Å². The minimum Gasteiger partial charge on any atom is -0.353 e. The van der Waals surface area contributed by atoms with Crippen molar-refractivity contribution < 1.29 is 9.32 Å². The molecule has 1 saturated heterocycles. The van der Waals surface area contributed by atoms with E-state index in [9.17, 15) is 4.79 Å². The number of hydrogen-bond donors (Lipinski definition) is 0. The first-order valence-electron chi connectivity index (χ1n) is 9.01. The summed E-state index contributed by atoms with van der Waals surface area (Å²) in [5.41, 5.74) is 0.874. The predicted octanol–water partition coefficient (Wildman–Crippen LogP) is 2.46. The molecule has 0 N–H and O–H groups in total. The molecule has 0 aromatic carbocycles. The molecule has 2 fully saturated rings. The van der Waals surface area contributed by atoms with Crippen LogP contribution in [0.15, 0.2) is 22.9 Å². The van der Waals surface area contributed by atoms with Crippen LogP contribution in [-0.2, 0) is 4.79 Å². The van der Waals surface area contributed by atoms with Gasteiger partial charge in [-0.25, -0.2) is 4.98 Å². The molecule has 1 aliphatic heterocycles. The van der Waals surface area contributed by atoms with Crippen LogP contribution in [0.25, 0.3) is 11.4 Å². The van der Waals surface area contributed by atoms with Crippen LogP contribution in [0.3, 0.4) is 0 Å². The average molecular weight is 341 g/mol. The second kappa shape index (κ2) is 6.82. The fourth-order valence-corrected chi connectivity index (χ4v) is 3.65. The predicted molar refractivity (Wildman–Crippen MR) is 93.2 cm³/mol. The van der Waals surface area contributed by atoms with E-state index in [0.717, 1.165) is 56.3 Å². The normalized spacial score (nSPS) is 18.8. The number of rotatable bonds is 3. The van der Waals surface area contributed by atoms with Crippen molar-refractivity contribution in [2.75, 3.05) is 31.1 Å². The first-order chi connectivity index (χ1) is 12.2. The quantitative estimate of drug-likeness (QED) is 0.854. The molecule has 2 aromatic heterocycles. The Morgan fingerprint density at radius 2 is 1.92 bits per heavy atom. The Kier molecular flexibility index (Phi) is 4.38. The summed E-state index contributed by atoms with van der Waals surface area (Å²) in [6, 6.07) is 3.98. The monoisotopic (exact) mass is 341 g/mol. The highest BCUT2D eigenvalue weighted by Crippen LogP contribution is 2.33. The third-order valence-electron chi connectivity index (χ3n) is 5.20. The summed E-state index contributed by atoms with van der Waals surface area (Å²) in [6.45, 7) is 4.72. The van der Waals surface area contributed by atoms with E-state index in [1.807, 2.05) is 17.0 Å². The van der Waals surface area contributed by atoms with Crippen LogP contribution in [0.1, 0.15) is 44.4 Å². The molecule has 4 rings (SSSR count). The summed E-state index contributed by atoms with van der Waals surface area (Å²) in [6.07, 6.45) is 6.58. The van der Waals surface area contributed by atoms with E-state index in [1.54, 1.807) is 13.1 Å². The molecule has 7 nitrogen and oxygen atoms in total. The lowest BCUT2D eigenvalue weighted by atomic mass is 10.1. The van der Waals surface area contributed by atoms with Gasteiger partial charge in [-0.15, -0.1) is 0 Å². The van der Waals surface area contributed by atoms with Gasteiger partial charge in [-0.1, -0.05) is 18.0 Å². The molecule has 132 valence electrons. The Morgan fingerprint density at radius 3 is 2.56 bits per heavy atom. The summed E-state index contributed by atoms with van der Waals surface area (Å²) >= 11 is 0. The average Bonchev–Trinajstić information content (AvgIpc) is 3.33. The smallest absolute Gasteiger partial charge is 0.230 e. The topological polar surface area (TPSA) is 75.4 Å². The third kappa shape index (κ3) is 3.36. The molecule has 2 aliphatic rings. The van der Waals surface area contributed by atoms with Gasteiger partial charge in [0.05, 0.1) is 0 Å². The van der Waals surface area contributed by atoms with Gasteiger partial charge in [-0.05, 0) is 25.0 Å². The number of carbonyl (C=O) groups is 1. The Bertz CT molecular complexity index is 728. The number of nitrogens with zero attached hydrogens (tertiary/aromatic N) is 5. The minimum absolute atomic E-state index is 0.137. The van der Waals surface area contributed by atoms with Gasteiger partial charge < -0.3 is 14.3 Å². The number of anilines is 1. The molecule has 3 heterocycles. The standard InChI is InChI=1S/C18H23N5O2/c1-13(24)22-8-10-23(11-9-22)16-7-6-15(12-19-16)17-20-18(25-21-17)14-4-2-3-5-14/h6-7,12,14H,2-5,8-11H2,1H3. The Labute approximate surface area is 147 Å². The molecule has 0 bridgehead atoms. The van der Waals surface area contributed by atoms with Gasteiger partial charge in [0.1, 0.15) is 5.82 Å². The molecule has 0 atom stereocenters. The molecule has 1 aliphatic carbocycles. The third-order valence-corrected chi connectivity index (χ3v) is 5.20. The summed E-state index contributed by atoms with van der Waals surface area (Å²) in [7, 11) is 0. The zero-order valence-electron chi connectivity index (χ0n) is 14.5. The Hall–Kier alpha value is -2.44. The lowest BCUT2D eigenvalue weighted by Crippen LogP contribution is -2.48. The maximum absolute atomic E-state index is 11.4.